The lowest BCUT2D eigenvalue weighted by molar-refractivity contribution is 0.602. The summed E-state index contributed by atoms with van der Waals surface area (Å²) in [5.74, 6) is 0. The smallest absolute Gasteiger partial charge is 0.175 e. The van der Waals surface area contributed by atoms with Gasteiger partial charge in [-0.3, -0.25) is 0 Å². The summed E-state index contributed by atoms with van der Waals surface area (Å²) in [6, 6.07) is 14.6. The zero-order valence-corrected chi connectivity index (χ0v) is 13.6. The summed E-state index contributed by atoms with van der Waals surface area (Å²) in [7, 11) is -3.20. The van der Waals surface area contributed by atoms with Crippen molar-refractivity contribution in [3.8, 4) is 0 Å². The molecule has 112 valence electrons. The van der Waals surface area contributed by atoms with E-state index in [4.69, 9.17) is 11.6 Å². The summed E-state index contributed by atoms with van der Waals surface area (Å²) >= 11 is 6.03. The minimum Gasteiger partial charge on any atom is -0.378 e. The first-order valence-electron chi connectivity index (χ1n) is 6.72. The van der Waals surface area contributed by atoms with Crippen LogP contribution in [0, 0.1) is 0 Å². The van der Waals surface area contributed by atoms with Gasteiger partial charge in [-0.05, 0) is 42.3 Å². The molecule has 0 aromatic heterocycles. The van der Waals surface area contributed by atoms with Crippen LogP contribution in [0.3, 0.4) is 0 Å². The number of hydrogen-bond donors (Lipinski definition) is 1. The Labute approximate surface area is 130 Å². The summed E-state index contributed by atoms with van der Waals surface area (Å²) in [5.41, 5.74) is 1.86. The zero-order chi connectivity index (χ0) is 15.5. The Hall–Kier alpha value is -1.52. The Morgan fingerprint density at radius 1 is 1.14 bits per heavy atom. The lowest BCUT2D eigenvalue weighted by Crippen LogP contribution is -2.10. The van der Waals surface area contributed by atoms with Crippen LogP contribution in [0.1, 0.15) is 24.9 Å². The topological polar surface area (TPSA) is 46.2 Å². The maximum atomic E-state index is 11.6. The first-order chi connectivity index (χ1) is 9.90. The largest absolute Gasteiger partial charge is 0.378 e. The maximum absolute atomic E-state index is 11.6. The molecule has 0 spiro atoms. The first-order valence-corrected chi connectivity index (χ1v) is 8.99. The second-order valence-corrected chi connectivity index (χ2v) is 7.41. The predicted molar refractivity (Wildman–Crippen MR) is 87.7 cm³/mol. The second kappa shape index (κ2) is 6.50. The lowest BCUT2D eigenvalue weighted by Gasteiger charge is -2.19. The minimum atomic E-state index is -3.20. The number of nitrogens with one attached hydrogen (secondary N) is 1. The van der Waals surface area contributed by atoms with E-state index in [2.05, 4.69) is 12.2 Å². The molecule has 0 radical (unpaired) electrons. The first kappa shape index (κ1) is 15.9. The van der Waals surface area contributed by atoms with Gasteiger partial charge in [0.25, 0.3) is 0 Å². The number of anilines is 1. The van der Waals surface area contributed by atoms with Crippen LogP contribution < -0.4 is 5.32 Å². The molecule has 1 unspecified atom stereocenters. The highest BCUT2D eigenvalue weighted by Gasteiger charge is 2.12. The Bertz CT molecular complexity index is 729. The van der Waals surface area contributed by atoms with Crippen LogP contribution in [0.2, 0.25) is 5.02 Å². The fraction of sp³-hybridized carbons (Fsp3) is 0.250. The van der Waals surface area contributed by atoms with E-state index in [0.29, 0.717) is 9.92 Å². The van der Waals surface area contributed by atoms with Gasteiger partial charge in [-0.1, -0.05) is 36.7 Å². The monoisotopic (exact) mass is 323 g/mol. The summed E-state index contributed by atoms with van der Waals surface area (Å²) in [6.07, 6.45) is 2.07. The van der Waals surface area contributed by atoms with Crippen molar-refractivity contribution < 1.29 is 8.42 Å². The maximum Gasteiger partial charge on any atom is 0.175 e. The van der Waals surface area contributed by atoms with Gasteiger partial charge in [0.2, 0.25) is 0 Å². The Morgan fingerprint density at radius 2 is 1.86 bits per heavy atom. The average Bonchev–Trinajstić information content (AvgIpc) is 2.44. The average molecular weight is 324 g/mol. The summed E-state index contributed by atoms with van der Waals surface area (Å²) in [5, 5.41) is 4.05. The van der Waals surface area contributed by atoms with Gasteiger partial charge in [-0.2, -0.15) is 0 Å². The van der Waals surface area contributed by atoms with Gasteiger partial charge in [0.05, 0.1) is 10.9 Å². The van der Waals surface area contributed by atoms with E-state index in [0.717, 1.165) is 17.7 Å². The summed E-state index contributed by atoms with van der Waals surface area (Å²) in [4.78, 5) is 0.313. The molecule has 0 bridgehead atoms. The van der Waals surface area contributed by atoms with E-state index < -0.39 is 9.84 Å². The van der Waals surface area contributed by atoms with Crippen molar-refractivity contribution in [3.63, 3.8) is 0 Å². The fourth-order valence-corrected chi connectivity index (χ4v) is 3.03. The van der Waals surface area contributed by atoms with Crippen molar-refractivity contribution >= 4 is 27.1 Å². The number of hydrogen-bond acceptors (Lipinski definition) is 3. The molecule has 1 N–H and O–H groups in total. The molecule has 21 heavy (non-hydrogen) atoms. The molecule has 3 nitrogen and oxygen atoms in total. The molecular formula is C16H18ClNO2S. The van der Waals surface area contributed by atoms with Crippen LogP contribution in [0.4, 0.5) is 5.69 Å². The molecule has 5 heteroatoms. The van der Waals surface area contributed by atoms with Crippen molar-refractivity contribution in [2.75, 3.05) is 11.6 Å². The van der Waals surface area contributed by atoms with E-state index >= 15 is 0 Å². The Morgan fingerprint density at radius 3 is 2.48 bits per heavy atom. The molecule has 0 aliphatic carbocycles. The van der Waals surface area contributed by atoms with Gasteiger partial charge in [-0.25, -0.2) is 8.42 Å². The van der Waals surface area contributed by atoms with Gasteiger partial charge in [0.15, 0.2) is 9.84 Å². The molecule has 0 aliphatic heterocycles. The molecule has 0 aliphatic rings. The highest BCUT2D eigenvalue weighted by Crippen LogP contribution is 2.25. The Kier molecular flexibility index (Phi) is 4.91. The minimum absolute atomic E-state index is 0.0820. The van der Waals surface area contributed by atoms with Crippen LogP contribution in [0.15, 0.2) is 53.4 Å². The second-order valence-electron chi connectivity index (χ2n) is 4.96. The van der Waals surface area contributed by atoms with E-state index in [-0.39, 0.29) is 6.04 Å². The van der Waals surface area contributed by atoms with Gasteiger partial charge in [-0.15, -0.1) is 0 Å². The van der Waals surface area contributed by atoms with E-state index in [1.807, 2.05) is 30.3 Å². The number of rotatable bonds is 5. The van der Waals surface area contributed by atoms with Crippen molar-refractivity contribution in [1.82, 2.24) is 0 Å². The van der Waals surface area contributed by atoms with Crippen molar-refractivity contribution in [2.45, 2.75) is 24.3 Å². The number of halogens is 1. The molecule has 0 amide bonds. The number of sulfone groups is 1. The zero-order valence-electron chi connectivity index (χ0n) is 12.0. The molecule has 1 atom stereocenters. The molecule has 0 saturated heterocycles. The van der Waals surface area contributed by atoms with Crippen LogP contribution in [0.5, 0.6) is 0 Å². The number of benzene rings is 2. The van der Waals surface area contributed by atoms with Crippen molar-refractivity contribution in [3.05, 3.63) is 59.1 Å². The van der Waals surface area contributed by atoms with Crippen molar-refractivity contribution in [2.24, 2.45) is 0 Å². The summed E-state index contributed by atoms with van der Waals surface area (Å²) in [6.45, 7) is 2.07. The molecule has 2 aromatic rings. The summed E-state index contributed by atoms with van der Waals surface area (Å²) < 4.78 is 23.2. The quantitative estimate of drug-likeness (QED) is 0.892. The fourth-order valence-electron chi connectivity index (χ4n) is 2.16. The normalized spacial score (nSPS) is 12.9. The van der Waals surface area contributed by atoms with Crippen LogP contribution in [0.25, 0.3) is 0 Å². The van der Waals surface area contributed by atoms with E-state index in [9.17, 15) is 8.42 Å². The molecule has 0 heterocycles. The highest BCUT2D eigenvalue weighted by molar-refractivity contribution is 7.90. The van der Waals surface area contributed by atoms with Gasteiger partial charge >= 0.3 is 0 Å². The molecule has 0 fully saturated rings. The van der Waals surface area contributed by atoms with Gasteiger partial charge in [0, 0.05) is 17.0 Å². The van der Waals surface area contributed by atoms with Crippen LogP contribution in [-0.2, 0) is 9.84 Å². The third-order valence-corrected chi connectivity index (χ3v) is 4.61. The van der Waals surface area contributed by atoms with Crippen LogP contribution in [-0.4, -0.2) is 14.7 Å². The molecule has 2 aromatic carbocycles. The predicted octanol–water partition coefficient (Wildman–Crippen LogP) is 4.31. The van der Waals surface area contributed by atoms with E-state index in [1.54, 1.807) is 18.2 Å². The van der Waals surface area contributed by atoms with Gasteiger partial charge in [0.1, 0.15) is 0 Å². The third kappa shape index (κ3) is 4.22. The SMILES string of the molecule is CCC(Nc1cccc(S(C)(=O)=O)c1)c1cccc(Cl)c1. The van der Waals surface area contributed by atoms with Gasteiger partial charge < -0.3 is 5.32 Å². The molecule has 0 saturated carbocycles. The molecular weight excluding hydrogens is 306 g/mol. The van der Waals surface area contributed by atoms with Crippen LogP contribution >= 0.6 is 11.6 Å². The van der Waals surface area contributed by atoms with E-state index in [1.165, 1.54) is 6.26 Å². The lowest BCUT2D eigenvalue weighted by atomic mass is 10.0. The third-order valence-electron chi connectivity index (χ3n) is 3.26. The standard InChI is InChI=1S/C16H18ClNO2S/c1-3-16(12-6-4-7-13(17)10-12)18-14-8-5-9-15(11-14)21(2,19)20/h4-11,16,18H,3H2,1-2H3. The Balaban J connectivity index is 2.27. The van der Waals surface area contributed by atoms with Crippen molar-refractivity contribution in [1.29, 1.82) is 0 Å². The molecule has 2 rings (SSSR count). The highest BCUT2D eigenvalue weighted by atomic mass is 35.5.